The molecule has 2 aromatic rings. The highest BCUT2D eigenvalue weighted by atomic mass is 32.2. The van der Waals surface area contributed by atoms with Gasteiger partial charge in [0, 0.05) is 24.9 Å². The van der Waals surface area contributed by atoms with Gasteiger partial charge in [0.05, 0.1) is 0 Å². The molecule has 134 valence electrons. The van der Waals surface area contributed by atoms with E-state index < -0.39 is 15.1 Å². The summed E-state index contributed by atoms with van der Waals surface area (Å²) in [7, 11) is -3.57. The van der Waals surface area contributed by atoms with Crippen LogP contribution in [-0.4, -0.2) is 25.9 Å². The van der Waals surface area contributed by atoms with Gasteiger partial charge < -0.3 is 5.32 Å². The number of amides is 1. The monoisotopic (exact) mass is 378 g/mol. The van der Waals surface area contributed by atoms with E-state index in [9.17, 15) is 13.2 Å². The average molecular weight is 379 g/mol. The Labute approximate surface area is 152 Å². The lowest BCUT2D eigenvalue weighted by molar-refractivity contribution is -0.125. The summed E-state index contributed by atoms with van der Waals surface area (Å²) in [6.45, 7) is 0.0707. The molecule has 3 rings (SSSR count). The summed E-state index contributed by atoms with van der Waals surface area (Å²) in [5, 5.41) is 3.80. The topological polar surface area (TPSA) is 76.1 Å². The molecule has 2 aromatic heterocycles. The number of sulfone groups is 1. The van der Waals surface area contributed by atoms with Gasteiger partial charge in [0.1, 0.15) is 9.46 Å². The van der Waals surface area contributed by atoms with Gasteiger partial charge in [-0.1, -0.05) is 31.4 Å². The molecule has 7 heteroatoms. The van der Waals surface area contributed by atoms with E-state index in [0.717, 1.165) is 25.7 Å². The van der Waals surface area contributed by atoms with Crippen LogP contribution in [0.5, 0.6) is 0 Å². The van der Waals surface area contributed by atoms with Gasteiger partial charge in [-0.05, 0) is 35.9 Å². The van der Waals surface area contributed by atoms with Gasteiger partial charge in [-0.3, -0.25) is 9.78 Å². The van der Waals surface area contributed by atoms with E-state index in [0.29, 0.717) is 9.77 Å². The molecule has 0 unspecified atom stereocenters. The summed E-state index contributed by atoms with van der Waals surface area (Å²) in [4.78, 5) is 16.5. The smallest absolute Gasteiger partial charge is 0.223 e. The molecular weight excluding hydrogens is 356 g/mol. The summed E-state index contributed by atoms with van der Waals surface area (Å²) < 4.78 is 26.3. The number of rotatable bonds is 6. The van der Waals surface area contributed by atoms with Gasteiger partial charge in [-0.15, -0.1) is 11.3 Å². The van der Waals surface area contributed by atoms with Gasteiger partial charge in [0.25, 0.3) is 0 Å². The minimum absolute atomic E-state index is 0.00717. The number of carbonyl (C=O) groups excluding carboxylic acids is 1. The van der Waals surface area contributed by atoms with Crippen LogP contribution in [0, 0.1) is 5.92 Å². The predicted molar refractivity (Wildman–Crippen MR) is 98.1 cm³/mol. The molecule has 25 heavy (non-hydrogen) atoms. The third-order valence-electron chi connectivity index (χ3n) is 4.64. The zero-order chi connectivity index (χ0) is 17.7. The Bertz CT molecular complexity index is 783. The van der Waals surface area contributed by atoms with Crippen LogP contribution in [0.15, 0.2) is 46.2 Å². The van der Waals surface area contributed by atoms with Crippen LogP contribution in [0.2, 0.25) is 0 Å². The van der Waals surface area contributed by atoms with E-state index >= 15 is 0 Å². The van der Waals surface area contributed by atoms with Crippen molar-refractivity contribution >= 4 is 27.1 Å². The Morgan fingerprint density at radius 1 is 1.24 bits per heavy atom. The van der Waals surface area contributed by atoms with Crippen molar-refractivity contribution in [1.29, 1.82) is 0 Å². The summed E-state index contributed by atoms with van der Waals surface area (Å²) in [5.41, 5.74) is 0.597. The Morgan fingerprint density at radius 2 is 2.04 bits per heavy atom. The maximum Gasteiger partial charge on any atom is 0.223 e. The third kappa shape index (κ3) is 4.27. The molecule has 1 fully saturated rings. The van der Waals surface area contributed by atoms with Crippen LogP contribution < -0.4 is 5.32 Å². The molecule has 1 atom stereocenters. The number of hydrogen-bond donors (Lipinski definition) is 1. The predicted octanol–water partition coefficient (Wildman–Crippen LogP) is 3.35. The van der Waals surface area contributed by atoms with E-state index in [2.05, 4.69) is 10.3 Å². The molecule has 0 radical (unpaired) electrons. The van der Waals surface area contributed by atoms with Crippen molar-refractivity contribution < 1.29 is 13.2 Å². The molecule has 1 aliphatic carbocycles. The molecule has 2 heterocycles. The molecule has 0 aromatic carbocycles. The SMILES string of the molecule is O=C(NC[C@@H](c1cccnc1)S(=O)(=O)c1cccs1)C1CCCCC1. The van der Waals surface area contributed by atoms with Crippen LogP contribution in [0.25, 0.3) is 0 Å². The number of pyridine rings is 1. The van der Waals surface area contributed by atoms with E-state index in [1.807, 2.05) is 0 Å². The number of thiophene rings is 1. The minimum atomic E-state index is -3.57. The van der Waals surface area contributed by atoms with E-state index in [1.54, 1.807) is 42.0 Å². The minimum Gasteiger partial charge on any atom is -0.354 e. The van der Waals surface area contributed by atoms with Crippen molar-refractivity contribution in [2.45, 2.75) is 41.6 Å². The second-order valence-corrected chi connectivity index (χ2v) is 9.64. The van der Waals surface area contributed by atoms with Crippen molar-refractivity contribution in [1.82, 2.24) is 10.3 Å². The van der Waals surface area contributed by atoms with Gasteiger partial charge in [-0.25, -0.2) is 8.42 Å². The summed E-state index contributed by atoms with van der Waals surface area (Å²) in [6.07, 6.45) is 8.26. The highest BCUT2D eigenvalue weighted by Crippen LogP contribution is 2.31. The van der Waals surface area contributed by atoms with Crippen molar-refractivity contribution in [3.8, 4) is 0 Å². The molecule has 1 amide bonds. The molecule has 0 aliphatic heterocycles. The quantitative estimate of drug-likeness (QED) is 0.836. The van der Waals surface area contributed by atoms with Gasteiger partial charge >= 0.3 is 0 Å². The maximum atomic E-state index is 13.0. The fourth-order valence-corrected chi connectivity index (χ4v) is 6.09. The molecule has 1 saturated carbocycles. The fourth-order valence-electron chi connectivity index (χ4n) is 3.24. The standard InChI is InChI=1S/C18H22N2O3S2/c21-18(14-6-2-1-3-7-14)20-13-16(15-8-4-10-19-12-15)25(22,23)17-9-5-11-24-17/h4-5,8-12,14,16H,1-3,6-7,13H2,(H,20,21)/t16-/m0/s1. The molecule has 1 aliphatic rings. The van der Waals surface area contributed by atoms with Crippen molar-refractivity contribution in [3.05, 3.63) is 47.6 Å². The lowest BCUT2D eigenvalue weighted by Gasteiger charge is -2.23. The lowest BCUT2D eigenvalue weighted by atomic mass is 9.88. The van der Waals surface area contributed by atoms with Crippen LogP contribution in [0.1, 0.15) is 42.9 Å². The molecule has 1 N–H and O–H groups in total. The van der Waals surface area contributed by atoms with Crippen LogP contribution in [-0.2, 0) is 14.6 Å². The fraction of sp³-hybridized carbons (Fsp3) is 0.444. The first-order valence-electron chi connectivity index (χ1n) is 8.54. The molecule has 0 saturated heterocycles. The van der Waals surface area contributed by atoms with Gasteiger partial charge in [0.2, 0.25) is 5.91 Å². The zero-order valence-electron chi connectivity index (χ0n) is 13.9. The highest BCUT2D eigenvalue weighted by molar-refractivity contribution is 7.93. The van der Waals surface area contributed by atoms with E-state index in [4.69, 9.17) is 0 Å². The average Bonchev–Trinajstić information content (AvgIpc) is 3.19. The van der Waals surface area contributed by atoms with E-state index in [1.165, 1.54) is 17.8 Å². The number of aromatic nitrogens is 1. The lowest BCUT2D eigenvalue weighted by Crippen LogP contribution is -2.36. The first-order chi connectivity index (χ1) is 12.1. The van der Waals surface area contributed by atoms with Crippen LogP contribution in [0.3, 0.4) is 0 Å². The van der Waals surface area contributed by atoms with E-state index in [-0.39, 0.29) is 18.4 Å². The first kappa shape index (κ1) is 18.1. The first-order valence-corrected chi connectivity index (χ1v) is 11.0. The van der Waals surface area contributed by atoms with Gasteiger partial charge in [0.15, 0.2) is 9.84 Å². The Hall–Kier alpha value is -1.73. The van der Waals surface area contributed by atoms with Crippen LogP contribution in [0.4, 0.5) is 0 Å². The molecule has 0 bridgehead atoms. The summed E-state index contributed by atoms with van der Waals surface area (Å²) in [5.74, 6) is -0.0253. The molecule has 5 nitrogen and oxygen atoms in total. The van der Waals surface area contributed by atoms with Crippen LogP contribution >= 0.6 is 11.3 Å². The maximum absolute atomic E-state index is 13.0. The Morgan fingerprint density at radius 3 is 2.68 bits per heavy atom. The summed E-state index contributed by atoms with van der Waals surface area (Å²) in [6, 6.07) is 6.79. The Balaban J connectivity index is 1.79. The van der Waals surface area contributed by atoms with Gasteiger partial charge in [-0.2, -0.15) is 0 Å². The van der Waals surface area contributed by atoms with Crippen molar-refractivity contribution in [2.24, 2.45) is 5.92 Å². The second-order valence-electron chi connectivity index (χ2n) is 6.33. The second kappa shape index (κ2) is 8.10. The van der Waals surface area contributed by atoms with Crippen molar-refractivity contribution in [3.63, 3.8) is 0 Å². The summed E-state index contributed by atoms with van der Waals surface area (Å²) >= 11 is 1.19. The van der Waals surface area contributed by atoms with Crippen molar-refractivity contribution in [2.75, 3.05) is 6.54 Å². The molecular formula is C18H22N2O3S2. The third-order valence-corrected chi connectivity index (χ3v) is 8.18. The Kier molecular flexibility index (Phi) is 5.86. The molecule has 0 spiro atoms. The largest absolute Gasteiger partial charge is 0.354 e. The zero-order valence-corrected chi connectivity index (χ0v) is 15.6. The number of carbonyl (C=O) groups is 1. The number of nitrogens with zero attached hydrogens (tertiary/aromatic N) is 1. The highest BCUT2D eigenvalue weighted by Gasteiger charge is 2.31. The number of hydrogen-bond acceptors (Lipinski definition) is 5. The number of nitrogens with one attached hydrogen (secondary N) is 1. The normalized spacial score (nSPS) is 17.1.